The lowest BCUT2D eigenvalue weighted by atomic mass is 10.2. The second-order valence-electron chi connectivity index (χ2n) is 3.05. The van der Waals surface area contributed by atoms with Crippen LogP contribution in [0.1, 0.15) is 11.4 Å². The summed E-state index contributed by atoms with van der Waals surface area (Å²) in [6.07, 6.45) is 0.275. The summed E-state index contributed by atoms with van der Waals surface area (Å²) in [5, 5.41) is 12.7. The van der Waals surface area contributed by atoms with Crippen LogP contribution in [0, 0.1) is 6.92 Å². The van der Waals surface area contributed by atoms with Gasteiger partial charge >= 0.3 is 5.97 Å². The van der Waals surface area contributed by atoms with Gasteiger partial charge in [0.05, 0.1) is 5.69 Å². The summed E-state index contributed by atoms with van der Waals surface area (Å²) >= 11 is 0. The third-order valence-corrected chi connectivity index (χ3v) is 1.91. The first kappa shape index (κ1) is 9.73. The minimum Gasteiger partial charge on any atom is -0.480 e. The zero-order valence-corrected chi connectivity index (χ0v) is 7.69. The van der Waals surface area contributed by atoms with Crippen molar-refractivity contribution in [2.24, 2.45) is 12.8 Å². The monoisotopic (exact) mass is 183 g/mol. The van der Waals surface area contributed by atoms with Crippen LogP contribution in [0.15, 0.2) is 6.07 Å². The molecule has 0 aliphatic heterocycles. The molecule has 1 aromatic heterocycles. The summed E-state index contributed by atoms with van der Waals surface area (Å²) in [7, 11) is 1.81. The van der Waals surface area contributed by atoms with Crippen molar-refractivity contribution in [2.75, 3.05) is 0 Å². The number of nitrogens with two attached hydrogens (primary N) is 1. The molecule has 1 aromatic rings. The van der Waals surface area contributed by atoms with Crippen molar-refractivity contribution in [3.05, 3.63) is 17.5 Å². The topological polar surface area (TPSA) is 81.1 Å². The van der Waals surface area contributed by atoms with Gasteiger partial charge in [0.1, 0.15) is 6.04 Å². The summed E-state index contributed by atoms with van der Waals surface area (Å²) in [5.41, 5.74) is 7.07. The van der Waals surface area contributed by atoms with Gasteiger partial charge in [-0.2, -0.15) is 5.10 Å². The third-order valence-electron chi connectivity index (χ3n) is 1.91. The van der Waals surface area contributed by atoms with E-state index in [1.54, 1.807) is 4.68 Å². The van der Waals surface area contributed by atoms with Crippen molar-refractivity contribution in [1.82, 2.24) is 9.78 Å². The van der Waals surface area contributed by atoms with Crippen molar-refractivity contribution >= 4 is 5.97 Å². The smallest absolute Gasteiger partial charge is 0.320 e. The van der Waals surface area contributed by atoms with E-state index in [0.717, 1.165) is 11.4 Å². The predicted molar refractivity (Wildman–Crippen MR) is 47.3 cm³/mol. The fourth-order valence-electron chi connectivity index (χ4n) is 1.05. The fraction of sp³-hybridized carbons (Fsp3) is 0.500. The normalized spacial score (nSPS) is 12.8. The van der Waals surface area contributed by atoms with Crippen LogP contribution in [0.2, 0.25) is 0 Å². The van der Waals surface area contributed by atoms with Crippen LogP contribution in [0.25, 0.3) is 0 Å². The van der Waals surface area contributed by atoms with Crippen LogP contribution in [0.5, 0.6) is 0 Å². The fourth-order valence-corrected chi connectivity index (χ4v) is 1.05. The summed E-state index contributed by atoms with van der Waals surface area (Å²) in [5.74, 6) is -0.997. The Bertz CT molecular complexity index is 300. The molecule has 3 N–H and O–H groups in total. The number of aryl methyl sites for hydroxylation is 2. The molecule has 5 heteroatoms. The highest BCUT2D eigenvalue weighted by Crippen LogP contribution is 2.03. The number of aromatic nitrogens is 2. The summed E-state index contributed by atoms with van der Waals surface area (Å²) in [6.45, 7) is 1.91. The second kappa shape index (κ2) is 3.57. The lowest BCUT2D eigenvalue weighted by Crippen LogP contribution is -2.32. The average Bonchev–Trinajstić information content (AvgIpc) is 2.31. The lowest BCUT2D eigenvalue weighted by molar-refractivity contribution is -0.138. The molecule has 0 aromatic carbocycles. The third kappa shape index (κ3) is 2.29. The molecule has 0 saturated carbocycles. The number of rotatable bonds is 3. The molecule has 13 heavy (non-hydrogen) atoms. The van der Waals surface area contributed by atoms with Gasteiger partial charge in [-0.3, -0.25) is 9.48 Å². The van der Waals surface area contributed by atoms with Crippen LogP contribution >= 0.6 is 0 Å². The second-order valence-corrected chi connectivity index (χ2v) is 3.05. The van der Waals surface area contributed by atoms with Gasteiger partial charge in [0, 0.05) is 19.2 Å². The molecule has 0 aliphatic rings. The van der Waals surface area contributed by atoms with Crippen molar-refractivity contribution in [3.8, 4) is 0 Å². The van der Waals surface area contributed by atoms with E-state index in [1.165, 1.54) is 0 Å². The standard InChI is InChI=1S/C8H13N3O2/c1-5-3-6(10-11(5)2)4-7(9)8(12)13/h3,7H,4,9H2,1-2H3,(H,12,13). The molecule has 1 rings (SSSR count). The lowest BCUT2D eigenvalue weighted by Gasteiger charge is -2.01. The molecule has 0 fully saturated rings. The maximum atomic E-state index is 10.4. The molecule has 5 nitrogen and oxygen atoms in total. The Balaban J connectivity index is 2.69. The van der Waals surface area contributed by atoms with Gasteiger partial charge in [-0.25, -0.2) is 0 Å². The minimum atomic E-state index is -0.997. The largest absolute Gasteiger partial charge is 0.480 e. The number of hydrogen-bond acceptors (Lipinski definition) is 3. The molecule has 0 amide bonds. The van der Waals surface area contributed by atoms with Crippen molar-refractivity contribution in [2.45, 2.75) is 19.4 Å². The van der Waals surface area contributed by atoms with Crippen LogP contribution < -0.4 is 5.73 Å². The number of carbonyl (C=O) groups is 1. The Kier molecular flexibility index (Phi) is 2.67. The molecule has 0 bridgehead atoms. The number of carboxylic acids is 1. The molecule has 1 atom stereocenters. The van der Waals surface area contributed by atoms with Gasteiger partial charge in [0.2, 0.25) is 0 Å². The highest BCUT2D eigenvalue weighted by molar-refractivity contribution is 5.73. The minimum absolute atomic E-state index is 0.275. The Morgan fingerprint density at radius 2 is 2.46 bits per heavy atom. The van der Waals surface area contributed by atoms with Crippen LogP contribution in [0.4, 0.5) is 0 Å². The number of aliphatic carboxylic acids is 1. The van der Waals surface area contributed by atoms with Crippen LogP contribution in [-0.4, -0.2) is 26.9 Å². The molecule has 0 aliphatic carbocycles. The Labute approximate surface area is 76.2 Å². The highest BCUT2D eigenvalue weighted by Gasteiger charge is 2.14. The Morgan fingerprint density at radius 3 is 2.85 bits per heavy atom. The highest BCUT2D eigenvalue weighted by atomic mass is 16.4. The quantitative estimate of drug-likeness (QED) is 0.673. The summed E-state index contributed by atoms with van der Waals surface area (Å²) in [6, 6.07) is 0.970. The Morgan fingerprint density at radius 1 is 1.85 bits per heavy atom. The predicted octanol–water partition coefficient (Wildman–Crippen LogP) is -0.317. The first-order valence-corrected chi connectivity index (χ1v) is 3.98. The van der Waals surface area contributed by atoms with Crippen molar-refractivity contribution < 1.29 is 9.90 Å². The van der Waals surface area contributed by atoms with Crippen molar-refractivity contribution in [1.29, 1.82) is 0 Å². The number of carboxylic acid groups (broad SMARTS) is 1. The molecule has 1 unspecified atom stereocenters. The Hall–Kier alpha value is -1.36. The molecular formula is C8H13N3O2. The van der Waals surface area contributed by atoms with Gasteiger partial charge in [-0.05, 0) is 13.0 Å². The summed E-state index contributed by atoms with van der Waals surface area (Å²) in [4.78, 5) is 10.4. The first-order valence-electron chi connectivity index (χ1n) is 3.98. The molecule has 1 heterocycles. The maximum absolute atomic E-state index is 10.4. The molecule has 0 saturated heterocycles. The zero-order valence-electron chi connectivity index (χ0n) is 7.69. The van der Waals surface area contributed by atoms with E-state index in [-0.39, 0.29) is 6.42 Å². The van der Waals surface area contributed by atoms with E-state index in [0.29, 0.717) is 0 Å². The van der Waals surface area contributed by atoms with Gasteiger partial charge in [-0.1, -0.05) is 0 Å². The SMILES string of the molecule is Cc1cc(CC(N)C(=O)O)nn1C. The van der Waals surface area contributed by atoms with E-state index in [1.807, 2.05) is 20.0 Å². The average molecular weight is 183 g/mol. The van der Waals surface area contributed by atoms with Gasteiger partial charge in [-0.15, -0.1) is 0 Å². The first-order chi connectivity index (χ1) is 6.00. The number of nitrogens with zero attached hydrogens (tertiary/aromatic N) is 2. The molecule has 0 spiro atoms. The van der Waals surface area contributed by atoms with Gasteiger partial charge in [0.15, 0.2) is 0 Å². The molecule has 72 valence electrons. The van der Waals surface area contributed by atoms with Crippen LogP contribution in [0.3, 0.4) is 0 Å². The van der Waals surface area contributed by atoms with Gasteiger partial charge in [0.25, 0.3) is 0 Å². The van der Waals surface area contributed by atoms with E-state index < -0.39 is 12.0 Å². The zero-order chi connectivity index (χ0) is 10.0. The summed E-state index contributed by atoms with van der Waals surface area (Å²) < 4.78 is 1.70. The van der Waals surface area contributed by atoms with E-state index in [2.05, 4.69) is 5.10 Å². The maximum Gasteiger partial charge on any atom is 0.320 e. The van der Waals surface area contributed by atoms with Crippen molar-refractivity contribution in [3.63, 3.8) is 0 Å². The molecule has 0 radical (unpaired) electrons. The van der Waals surface area contributed by atoms with E-state index in [9.17, 15) is 4.79 Å². The van der Waals surface area contributed by atoms with Crippen LogP contribution in [-0.2, 0) is 18.3 Å². The van der Waals surface area contributed by atoms with Gasteiger partial charge < -0.3 is 10.8 Å². The van der Waals surface area contributed by atoms with E-state index in [4.69, 9.17) is 10.8 Å². The molecular weight excluding hydrogens is 170 g/mol. The van der Waals surface area contributed by atoms with E-state index >= 15 is 0 Å². The number of hydrogen-bond donors (Lipinski definition) is 2.